The van der Waals surface area contributed by atoms with Gasteiger partial charge in [-0.15, -0.1) is 0 Å². The summed E-state index contributed by atoms with van der Waals surface area (Å²) in [4.78, 5) is 16.3. The van der Waals surface area contributed by atoms with Gasteiger partial charge >= 0.3 is 6.43 Å². The molecule has 1 aromatic heterocycles. The number of fused-ring (bicyclic) bond motifs is 3. The highest BCUT2D eigenvalue weighted by atomic mass is 35.5. The Kier molecular flexibility index (Phi) is 6.73. The van der Waals surface area contributed by atoms with Gasteiger partial charge in [0.15, 0.2) is 0 Å². The molecule has 32 heavy (non-hydrogen) atoms. The Labute approximate surface area is 203 Å². The fourth-order valence-corrected chi connectivity index (χ4v) is 4.87. The number of aromatic nitrogens is 2. The molecule has 4 rings (SSSR count). The molecular formula is C21H18Cl4F2N4O. The predicted molar refractivity (Wildman–Crippen MR) is 124 cm³/mol. The van der Waals surface area contributed by atoms with Gasteiger partial charge in [-0.2, -0.15) is 8.78 Å². The van der Waals surface area contributed by atoms with Gasteiger partial charge in [0.25, 0.3) is 5.91 Å². The summed E-state index contributed by atoms with van der Waals surface area (Å²) in [6, 6.07) is 6.13. The van der Waals surface area contributed by atoms with Crippen molar-refractivity contribution in [2.45, 2.75) is 44.8 Å². The van der Waals surface area contributed by atoms with E-state index in [0.29, 0.717) is 57.0 Å². The number of anilines is 1. The molecule has 3 aromatic rings. The summed E-state index contributed by atoms with van der Waals surface area (Å²) in [6.07, 6.45) is -2.02. The fraction of sp³-hybridized carbons (Fsp3) is 0.333. The first-order valence-corrected chi connectivity index (χ1v) is 11.4. The van der Waals surface area contributed by atoms with Crippen LogP contribution in [-0.4, -0.2) is 21.9 Å². The monoisotopic (exact) mass is 520 g/mol. The van der Waals surface area contributed by atoms with E-state index in [-0.39, 0.29) is 11.1 Å². The molecule has 0 bridgehead atoms. The third-order valence-electron chi connectivity index (χ3n) is 5.56. The number of nitrogens with zero attached hydrogens (tertiary/aromatic N) is 2. The molecule has 170 valence electrons. The van der Waals surface area contributed by atoms with Gasteiger partial charge in [-0.1, -0.05) is 65.5 Å². The minimum atomic E-state index is -3.09. The Hall–Kier alpha value is -1.80. The minimum absolute atomic E-state index is 0.163. The van der Waals surface area contributed by atoms with Crippen molar-refractivity contribution >= 4 is 69.3 Å². The molecule has 1 amide bonds. The van der Waals surface area contributed by atoms with Crippen LogP contribution in [0.5, 0.6) is 0 Å². The van der Waals surface area contributed by atoms with Crippen LogP contribution in [0.2, 0.25) is 20.1 Å². The molecule has 0 fully saturated rings. The second kappa shape index (κ2) is 9.21. The second-order valence-electron chi connectivity index (χ2n) is 7.44. The minimum Gasteiger partial charge on any atom is -0.349 e. The molecule has 2 heterocycles. The standard InChI is InChI=1S/C21H18Cl4F2N4O/c1-2-13(28-20(32)19(26)27)10-4-6-12(23)17-18(10)31-8-7-14(29-21(31)30-17)9-3-5-11(22)16(25)15(9)24/h3-6,13-14,19H,2,7-8H2,1H3,(H,28,32)(H,29,30). The molecule has 1 aliphatic rings. The van der Waals surface area contributed by atoms with E-state index in [0.717, 1.165) is 5.56 Å². The molecule has 2 atom stereocenters. The largest absolute Gasteiger partial charge is 0.349 e. The van der Waals surface area contributed by atoms with Crippen LogP contribution in [0.1, 0.15) is 43.0 Å². The van der Waals surface area contributed by atoms with Crippen LogP contribution in [0.25, 0.3) is 11.0 Å². The van der Waals surface area contributed by atoms with Crippen molar-refractivity contribution in [1.82, 2.24) is 14.9 Å². The highest BCUT2D eigenvalue weighted by Gasteiger charge is 2.29. The molecule has 2 unspecified atom stereocenters. The highest BCUT2D eigenvalue weighted by Crippen LogP contribution is 2.41. The lowest BCUT2D eigenvalue weighted by molar-refractivity contribution is -0.132. The van der Waals surface area contributed by atoms with E-state index < -0.39 is 18.4 Å². The lowest BCUT2D eigenvalue weighted by Gasteiger charge is -2.28. The Bertz CT molecular complexity index is 1200. The van der Waals surface area contributed by atoms with Gasteiger partial charge in [-0.05, 0) is 30.5 Å². The first-order chi connectivity index (χ1) is 15.2. The van der Waals surface area contributed by atoms with E-state index in [1.54, 1.807) is 18.2 Å². The summed E-state index contributed by atoms with van der Waals surface area (Å²) in [5, 5.41) is 7.23. The molecule has 0 saturated heterocycles. The van der Waals surface area contributed by atoms with Crippen LogP contribution in [0.4, 0.5) is 14.7 Å². The Balaban J connectivity index is 1.75. The van der Waals surface area contributed by atoms with Crippen molar-refractivity contribution in [1.29, 1.82) is 0 Å². The maximum atomic E-state index is 12.8. The maximum absolute atomic E-state index is 12.8. The van der Waals surface area contributed by atoms with Crippen molar-refractivity contribution in [3.63, 3.8) is 0 Å². The number of hydrogen-bond acceptors (Lipinski definition) is 3. The van der Waals surface area contributed by atoms with Gasteiger partial charge < -0.3 is 15.2 Å². The van der Waals surface area contributed by atoms with Crippen molar-refractivity contribution in [3.8, 4) is 0 Å². The summed E-state index contributed by atoms with van der Waals surface area (Å²) in [7, 11) is 0. The van der Waals surface area contributed by atoms with Crippen molar-refractivity contribution in [2.75, 3.05) is 5.32 Å². The first kappa shape index (κ1) is 23.4. The number of rotatable bonds is 5. The lowest BCUT2D eigenvalue weighted by atomic mass is 10.0. The van der Waals surface area contributed by atoms with E-state index >= 15 is 0 Å². The molecule has 0 aliphatic carbocycles. The third-order valence-corrected chi connectivity index (χ3v) is 7.17. The van der Waals surface area contributed by atoms with Crippen LogP contribution in [0.15, 0.2) is 24.3 Å². The number of imidazole rings is 1. The number of amides is 1. The number of hydrogen-bond donors (Lipinski definition) is 2. The van der Waals surface area contributed by atoms with Gasteiger partial charge in [-0.25, -0.2) is 4.98 Å². The molecule has 0 saturated carbocycles. The number of carbonyl (C=O) groups excluding carboxylic acids is 1. The number of benzene rings is 2. The molecule has 2 N–H and O–H groups in total. The van der Waals surface area contributed by atoms with Gasteiger partial charge in [0, 0.05) is 12.1 Å². The van der Waals surface area contributed by atoms with E-state index in [1.807, 2.05) is 17.6 Å². The van der Waals surface area contributed by atoms with Crippen molar-refractivity contribution < 1.29 is 13.6 Å². The normalized spacial score (nSPS) is 16.7. The smallest absolute Gasteiger partial charge is 0.315 e. The molecule has 2 aromatic carbocycles. The zero-order valence-corrected chi connectivity index (χ0v) is 19.8. The molecule has 5 nitrogen and oxygen atoms in total. The first-order valence-electron chi connectivity index (χ1n) is 9.90. The van der Waals surface area contributed by atoms with E-state index in [9.17, 15) is 13.6 Å². The number of aryl methyl sites for hydroxylation is 1. The Morgan fingerprint density at radius 1 is 1.19 bits per heavy atom. The average molecular weight is 522 g/mol. The summed E-state index contributed by atoms with van der Waals surface area (Å²) < 4.78 is 27.6. The summed E-state index contributed by atoms with van der Waals surface area (Å²) in [5.41, 5.74) is 2.69. The van der Waals surface area contributed by atoms with E-state index in [2.05, 4.69) is 15.6 Å². The summed E-state index contributed by atoms with van der Waals surface area (Å²) in [5.74, 6) is -0.756. The highest BCUT2D eigenvalue weighted by molar-refractivity contribution is 6.48. The summed E-state index contributed by atoms with van der Waals surface area (Å²) in [6.45, 7) is 2.37. The number of carbonyl (C=O) groups is 1. The second-order valence-corrected chi connectivity index (χ2v) is 9.01. The van der Waals surface area contributed by atoms with Gasteiger partial charge in [0.2, 0.25) is 5.95 Å². The predicted octanol–water partition coefficient (Wildman–Crippen LogP) is 7.04. The number of nitrogens with one attached hydrogen (secondary N) is 2. The molecule has 11 heteroatoms. The summed E-state index contributed by atoms with van der Waals surface area (Å²) >= 11 is 25.1. The van der Waals surface area contributed by atoms with Crippen LogP contribution >= 0.6 is 46.4 Å². The van der Waals surface area contributed by atoms with Crippen molar-refractivity contribution in [3.05, 3.63) is 55.5 Å². The lowest BCUT2D eigenvalue weighted by Crippen LogP contribution is -2.33. The van der Waals surface area contributed by atoms with E-state index in [4.69, 9.17) is 46.4 Å². The Morgan fingerprint density at radius 2 is 1.91 bits per heavy atom. The molecule has 0 spiro atoms. The van der Waals surface area contributed by atoms with Crippen LogP contribution in [0, 0.1) is 0 Å². The molecular weight excluding hydrogens is 504 g/mol. The van der Waals surface area contributed by atoms with Gasteiger partial charge in [-0.3, -0.25) is 4.79 Å². The zero-order valence-electron chi connectivity index (χ0n) is 16.7. The Morgan fingerprint density at radius 3 is 2.59 bits per heavy atom. The topological polar surface area (TPSA) is 59.0 Å². The van der Waals surface area contributed by atoms with Crippen LogP contribution < -0.4 is 10.6 Å². The fourth-order valence-electron chi connectivity index (χ4n) is 4.01. The van der Waals surface area contributed by atoms with Crippen LogP contribution in [-0.2, 0) is 11.3 Å². The SMILES string of the molecule is CCC(NC(=O)C(F)F)c1ccc(Cl)c2nc3n(c12)CCC(c1ccc(Cl)c(Cl)c1Cl)N3. The number of halogens is 6. The van der Waals surface area contributed by atoms with Gasteiger partial charge in [0.05, 0.1) is 37.7 Å². The zero-order chi connectivity index (χ0) is 23.2. The van der Waals surface area contributed by atoms with Crippen molar-refractivity contribution in [2.24, 2.45) is 0 Å². The maximum Gasteiger partial charge on any atom is 0.315 e. The average Bonchev–Trinajstić information content (AvgIpc) is 3.16. The van der Waals surface area contributed by atoms with E-state index in [1.165, 1.54) is 0 Å². The molecule has 1 aliphatic heterocycles. The number of alkyl halides is 2. The molecule has 0 radical (unpaired) electrons. The third kappa shape index (κ3) is 4.12. The van der Waals surface area contributed by atoms with Gasteiger partial charge in [0.1, 0.15) is 5.52 Å². The van der Waals surface area contributed by atoms with Crippen LogP contribution in [0.3, 0.4) is 0 Å². The quantitative estimate of drug-likeness (QED) is 0.354.